The zero-order valence-electron chi connectivity index (χ0n) is 21.2. The first-order valence-electron chi connectivity index (χ1n) is 14.4. The van der Waals surface area contributed by atoms with Crippen LogP contribution in [0.15, 0.2) is 0 Å². The van der Waals surface area contributed by atoms with Gasteiger partial charge in [0.2, 0.25) is 0 Å². The molecule has 182 valence electrons. The SMILES string of the molecule is CCCCCCCCCCCCOC(=O)C1CCC(C2CCC(CCCC)CC2)CC1. The molecule has 2 saturated carbocycles. The van der Waals surface area contributed by atoms with E-state index in [-0.39, 0.29) is 11.9 Å². The van der Waals surface area contributed by atoms with Crippen molar-refractivity contribution in [3.8, 4) is 0 Å². The van der Waals surface area contributed by atoms with E-state index in [1.807, 2.05) is 0 Å². The Bertz CT molecular complexity index is 430. The minimum Gasteiger partial charge on any atom is -0.465 e. The summed E-state index contributed by atoms with van der Waals surface area (Å²) in [6, 6.07) is 0. The van der Waals surface area contributed by atoms with Gasteiger partial charge < -0.3 is 4.74 Å². The van der Waals surface area contributed by atoms with Crippen LogP contribution >= 0.6 is 0 Å². The Morgan fingerprint density at radius 3 is 1.65 bits per heavy atom. The molecule has 0 amide bonds. The second-order valence-corrected chi connectivity index (χ2v) is 10.9. The number of hydrogen-bond acceptors (Lipinski definition) is 2. The van der Waals surface area contributed by atoms with Crippen molar-refractivity contribution < 1.29 is 9.53 Å². The van der Waals surface area contributed by atoms with E-state index in [4.69, 9.17) is 4.74 Å². The van der Waals surface area contributed by atoms with E-state index in [0.29, 0.717) is 6.61 Å². The largest absolute Gasteiger partial charge is 0.465 e. The van der Waals surface area contributed by atoms with Crippen LogP contribution in [0.5, 0.6) is 0 Å². The second kappa shape index (κ2) is 17.0. The van der Waals surface area contributed by atoms with Gasteiger partial charge in [-0.05, 0) is 62.7 Å². The first-order valence-corrected chi connectivity index (χ1v) is 14.4. The molecule has 2 aliphatic carbocycles. The molecular weight excluding hydrogens is 380 g/mol. The molecule has 0 saturated heterocycles. The maximum absolute atomic E-state index is 12.5. The number of unbranched alkanes of at least 4 members (excludes halogenated alkanes) is 10. The van der Waals surface area contributed by atoms with E-state index < -0.39 is 0 Å². The first-order chi connectivity index (χ1) is 15.2. The molecule has 0 aromatic heterocycles. The van der Waals surface area contributed by atoms with Crippen molar-refractivity contribution in [3.63, 3.8) is 0 Å². The third-order valence-corrected chi connectivity index (χ3v) is 8.37. The number of hydrogen-bond donors (Lipinski definition) is 0. The Kier molecular flexibility index (Phi) is 14.7. The van der Waals surface area contributed by atoms with Gasteiger partial charge in [0, 0.05) is 0 Å². The highest BCUT2D eigenvalue weighted by atomic mass is 16.5. The van der Waals surface area contributed by atoms with Crippen LogP contribution < -0.4 is 0 Å². The quantitative estimate of drug-likeness (QED) is 0.179. The van der Waals surface area contributed by atoms with Gasteiger partial charge >= 0.3 is 5.97 Å². The highest BCUT2D eigenvalue weighted by Gasteiger charge is 2.33. The summed E-state index contributed by atoms with van der Waals surface area (Å²) in [5.41, 5.74) is 0. The second-order valence-electron chi connectivity index (χ2n) is 10.9. The molecule has 0 atom stereocenters. The van der Waals surface area contributed by atoms with Crippen LogP contribution in [0.1, 0.15) is 149 Å². The van der Waals surface area contributed by atoms with Crippen LogP contribution in [0.4, 0.5) is 0 Å². The van der Waals surface area contributed by atoms with E-state index in [0.717, 1.165) is 37.0 Å². The molecule has 2 fully saturated rings. The molecule has 0 radical (unpaired) electrons. The lowest BCUT2D eigenvalue weighted by Gasteiger charge is -2.37. The van der Waals surface area contributed by atoms with E-state index >= 15 is 0 Å². The van der Waals surface area contributed by atoms with E-state index in [1.54, 1.807) is 0 Å². The molecule has 0 aromatic rings. The average molecular weight is 435 g/mol. The Morgan fingerprint density at radius 1 is 0.613 bits per heavy atom. The van der Waals surface area contributed by atoms with Gasteiger partial charge in [0.25, 0.3) is 0 Å². The number of rotatable bonds is 16. The van der Waals surface area contributed by atoms with E-state index in [1.165, 1.54) is 116 Å². The van der Waals surface area contributed by atoms with Gasteiger partial charge in [-0.1, -0.05) is 104 Å². The average Bonchev–Trinajstić information content (AvgIpc) is 2.81. The Balaban J connectivity index is 1.44. The monoisotopic (exact) mass is 434 g/mol. The Labute approximate surface area is 194 Å². The molecule has 2 rings (SSSR count). The van der Waals surface area contributed by atoms with Crippen molar-refractivity contribution in [2.24, 2.45) is 23.7 Å². The van der Waals surface area contributed by atoms with Crippen LogP contribution in [0, 0.1) is 23.7 Å². The van der Waals surface area contributed by atoms with Gasteiger partial charge in [0.05, 0.1) is 12.5 Å². The van der Waals surface area contributed by atoms with E-state index in [2.05, 4.69) is 13.8 Å². The highest BCUT2D eigenvalue weighted by Crippen LogP contribution is 2.42. The summed E-state index contributed by atoms with van der Waals surface area (Å²) < 4.78 is 5.65. The molecule has 0 heterocycles. The summed E-state index contributed by atoms with van der Waals surface area (Å²) in [6.45, 7) is 5.24. The zero-order chi connectivity index (χ0) is 22.2. The van der Waals surface area contributed by atoms with Gasteiger partial charge in [0.1, 0.15) is 0 Å². The maximum Gasteiger partial charge on any atom is 0.308 e. The third-order valence-electron chi connectivity index (χ3n) is 8.37. The predicted molar refractivity (Wildman–Crippen MR) is 133 cm³/mol. The highest BCUT2D eigenvalue weighted by molar-refractivity contribution is 5.72. The van der Waals surface area contributed by atoms with Gasteiger partial charge in [0.15, 0.2) is 0 Å². The third kappa shape index (κ3) is 11.2. The summed E-state index contributed by atoms with van der Waals surface area (Å²) >= 11 is 0. The van der Waals surface area contributed by atoms with Crippen molar-refractivity contribution >= 4 is 5.97 Å². The summed E-state index contributed by atoms with van der Waals surface area (Å²) in [6.07, 6.45) is 28.0. The van der Waals surface area contributed by atoms with Crippen LogP contribution in [-0.4, -0.2) is 12.6 Å². The molecule has 2 aliphatic rings. The molecule has 0 aromatic carbocycles. The maximum atomic E-state index is 12.5. The molecule has 0 bridgehead atoms. The van der Waals surface area contributed by atoms with Crippen molar-refractivity contribution in [1.82, 2.24) is 0 Å². The van der Waals surface area contributed by atoms with Crippen LogP contribution in [0.25, 0.3) is 0 Å². The fourth-order valence-electron chi connectivity index (χ4n) is 6.15. The summed E-state index contributed by atoms with van der Waals surface area (Å²) in [5.74, 6) is 3.14. The molecule has 0 aliphatic heterocycles. The molecule has 31 heavy (non-hydrogen) atoms. The zero-order valence-corrected chi connectivity index (χ0v) is 21.2. The predicted octanol–water partition coefficient (Wildman–Crippen LogP) is 9.25. The fourth-order valence-corrected chi connectivity index (χ4v) is 6.15. The number of carbonyl (C=O) groups is 1. The van der Waals surface area contributed by atoms with Crippen molar-refractivity contribution in [2.75, 3.05) is 6.61 Å². The lowest BCUT2D eigenvalue weighted by atomic mass is 9.68. The number of ether oxygens (including phenoxy) is 1. The molecule has 2 heteroatoms. The standard InChI is InChI=1S/C29H54O2/c1-3-5-7-8-9-10-11-12-13-14-24-31-29(30)28-22-20-27(21-23-28)26-18-16-25(17-19-26)15-6-4-2/h25-28H,3-24H2,1-2H3. The molecule has 0 N–H and O–H groups in total. The van der Waals surface area contributed by atoms with Crippen molar-refractivity contribution in [2.45, 2.75) is 149 Å². The molecular formula is C29H54O2. The lowest BCUT2D eigenvalue weighted by Crippen LogP contribution is -2.29. The smallest absolute Gasteiger partial charge is 0.308 e. The summed E-state index contributed by atoms with van der Waals surface area (Å²) in [7, 11) is 0. The summed E-state index contributed by atoms with van der Waals surface area (Å²) in [5, 5.41) is 0. The van der Waals surface area contributed by atoms with Crippen molar-refractivity contribution in [1.29, 1.82) is 0 Å². The summed E-state index contributed by atoms with van der Waals surface area (Å²) in [4.78, 5) is 12.5. The van der Waals surface area contributed by atoms with Crippen LogP contribution in [-0.2, 0) is 9.53 Å². The minimum atomic E-state index is 0.109. The Hall–Kier alpha value is -0.530. The van der Waals surface area contributed by atoms with Crippen LogP contribution in [0.3, 0.4) is 0 Å². The Morgan fingerprint density at radius 2 is 1.10 bits per heavy atom. The van der Waals surface area contributed by atoms with Gasteiger partial charge in [-0.15, -0.1) is 0 Å². The minimum absolute atomic E-state index is 0.109. The fraction of sp³-hybridized carbons (Fsp3) is 0.966. The molecule has 2 nitrogen and oxygen atoms in total. The topological polar surface area (TPSA) is 26.3 Å². The first kappa shape index (κ1) is 26.7. The lowest BCUT2D eigenvalue weighted by molar-refractivity contribution is -0.150. The molecule has 0 spiro atoms. The normalized spacial score (nSPS) is 26.6. The van der Waals surface area contributed by atoms with Gasteiger partial charge in [-0.3, -0.25) is 4.79 Å². The van der Waals surface area contributed by atoms with Gasteiger partial charge in [-0.2, -0.15) is 0 Å². The van der Waals surface area contributed by atoms with Crippen LogP contribution in [0.2, 0.25) is 0 Å². The molecule has 0 unspecified atom stereocenters. The number of carbonyl (C=O) groups excluding carboxylic acids is 1. The van der Waals surface area contributed by atoms with E-state index in [9.17, 15) is 4.79 Å². The number of esters is 1. The van der Waals surface area contributed by atoms with Crippen molar-refractivity contribution in [3.05, 3.63) is 0 Å². The van der Waals surface area contributed by atoms with Gasteiger partial charge in [-0.25, -0.2) is 0 Å².